The molecule has 2 unspecified atom stereocenters. The maximum absolute atomic E-state index is 4.01. The Morgan fingerprint density at radius 1 is 0.700 bits per heavy atom. The molecule has 1 aromatic carbocycles. The minimum Gasteiger partial charge on any atom is -0.382 e. The van der Waals surface area contributed by atoms with Crippen molar-refractivity contribution in [2.24, 2.45) is 5.92 Å². The second kappa shape index (κ2) is 18.5. The molecule has 1 heteroatoms. The van der Waals surface area contributed by atoms with Crippen molar-refractivity contribution in [2.45, 2.75) is 130 Å². The van der Waals surface area contributed by atoms with Gasteiger partial charge in [-0.1, -0.05) is 141 Å². The van der Waals surface area contributed by atoms with Crippen molar-refractivity contribution in [3.63, 3.8) is 0 Å². The number of nitrogens with one attached hydrogen (secondary N) is 1. The first-order chi connectivity index (χ1) is 14.7. The molecule has 172 valence electrons. The first kappa shape index (κ1) is 26.8. The lowest BCUT2D eigenvalue weighted by atomic mass is 9.97. The van der Waals surface area contributed by atoms with Crippen LogP contribution in [0.4, 0.5) is 0 Å². The second-order valence-corrected chi connectivity index (χ2v) is 9.31. The van der Waals surface area contributed by atoms with Crippen molar-refractivity contribution in [2.75, 3.05) is 0 Å². The minimum absolute atomic E-state index is 0.608. The summed E-state index contributed by atoms with van der Waals surface area (Å²) in [6, 6.07) is 11.6. The van der Waals surface area contributed by atoms with Gasteiger partial charge in [-0.2, -0.15) is 0 Å². The summed E-state index contributed by atoms with van der Waals surface area (Å²) in [5.74, 6) is 0.630. The molecule has 0 aliphatic carbocycles. The first-order valence-electron chi connectivity index (χ1n) is 13.2. The van der Waals surface area contributed by atoms with E-state index in [1.54, 1.807) is 0 Å². The van der Waals surface area contributed by atoms with Crippen LogP contribution in [0.5, 0.6) is 0 Å². The highest BCUT2D eigenvalue weighted by atomic mass is 14.9. The molecule has 0 radical (unpaired) electrons. The van der Waals surface area contributed by atoms with Gasteiger partial charge in [0.2, 0.25) is 0 Å². The van der Waals surface area contributed by atoms with E-state index in [0.717, 1.165) is 0 Å². The Hall–Kier alpha value is -1.24. The molecule has 0 saturated carbocycles. The molecule has 0 fully saturated rings. The molecular formula is C29H51N. The summed E-state index contributed by atoms with van der Waals surface area (Å²) in [4.78, 5) is 0. The molecule has 1 N–H and O–H groups in total. The van der Waals surface area contributed by atoms with Crippen LogP contribution in [0.2, 0.25) is 0 Å². The molecule has 0 spiro atoms. The third-order valence-corrected chi connectivity index (χ3v) is 6.22. The van der Waals surface area contributed by atoms with Gasteiger partial charge >= 0.3 is 0 Å². The monoisotopic (exact) mass is 413 g/mol. The number of unbranched alkanes of at least 4 members (excludes halogenated alkanes) is 9. The lowest BCUT2D eigenvalue weighted by molar-refractivity contribution is 0.457. The summed E-state index contributed by atoms with van der Waals surface area (Å²) in [6.45, 7) is 9.30. The Labute approximate surface area is 189 Å². The van der Waals surface area contributed by atoms with E-state index in [1.165, 1.54) is 108 Å². The van der Waals surface area contributed by atoms with E-state index < -0.39 is 0 Å². The topological polar surface area (TPSA) is 12.0 Å². The van der Waals surface area contributed by atoms with Crippen LogP contribution in [0, 0.1) is 5.92 Å². The standard InChI is InChI=1S/C29H51N/c1-5-8-11-13-19-24-28(23-15-10-7-3)30-29(27-21-17-14-18-22-27)25-26(4)20-16-12-9-6-2/h14,17-18,21-22,25-26,28,30H,5-13,15-16,19-20,23-24H2,1-4H3/b29-25-. The summed E-state index contributed by atoms with van der Waals surface area (Å²) in [5.41, 5.74) is 2.72. The van der Waals surface area contributed by atoms with Crippen molar-refractivity contribution in [1.29, 1.82) is 0 Å². The molecule has 0 aliphatic rings. The maximum atomic E-state index is 4.01. The zero-order valence-electron chi connectivity index (χ0n) is 20.7. The summed E-state index contributed by atoms with van der Waals surface area (Å²) in [6.07, 6.45) is 22.7. The van der Waals surface area contributed by atoms with E-state index in [2.05, 4.69) is 69.4 Å². The van der Waals surface area contributed by atoms with Crippen LogP contribution in [0.3, 0.4) is 0 Å². The van der Waals surface area contributed by atoms with Crippen molar-refractivity contribution in [3.05, 3.63) is 42.0 Å². The van der Waals surface area contributed by atoms with E-state index in [1.807, 2.05) is 0 Å². The summed E-state index contributed by atoms with van der Waals surface area (Å²) < 4.78 is 0. The largest absolute Gasteiger partial charge is 0.382 e. The van der Waals surface area contributed by atoms with Crippen LogP contribution in [-0.4, -0.2) is 6.04 Å². The maximum Gasteiger partial charge on any atom is 0.0378 e. The average Bonchev–Trinajstić information content (AvgIpc) is 2.76. The molecule has 0 heterocycles. The number of rotatable bonds is 19. The van der Waals surface area contributed by atoms with Crippen LogP contribution >= 0.6 is 0 Å². The Bertz CT molecular complexity index is 518. The van der Waals surface area contributed by atoms with E-state index in [9.17, 15) is 0 Å². The number of hydrogen-bond acceptors (Lipinski definition) is 1. The van der Waals surface area contributed by atoms with E-state index in [0.29, 0.717) is 12.0 Å². The molecule has 2 atom stereocenters. The van der Waals surface area contributed by atoms with Crippen molar-refractivity contribution in [3.8, 4) is 0 Å². The molecular weight excluding hydrogens is 362 g/mol. The molecule has 30 heavy (non-hydrogen) atoms. The van der Waals surface area contributed by atoms with Crippen molar-refractivity contribution in [1.82, 2.24) is 5.32 Å². The van der Waals surface area contributed by atoms with Gasteiger partial charge < -0.3 is 5.32 Å². The van der Waals surface area contributed by atoms with Gasteiger partial charge in [-0.15, -0.1) is 0 Å². The van der Waals surface area contributed by atoms with Crippen molar-refractivity contribution >= 4 is 5.70 Å². The molecule has 1 nitrogen and oxygen atoms in total. The number of allylic oxidation sites excluding steroid dienone is 1. The summed E-state index contributed by atoms with van der Waals surface area (Å²) in [5, 5.41) is 4.01. The van der Waals surface area contributed by atoms with Gasteiger partial charge in [-0.3, -0.25) is 0 Å². The molecule has 0 saturated heterocycles. The molecule has 0 bridgehead atoms. The Balaban J connectivity index is 2.77. The number of benzene rings is 1. The first-order valence-corrected chi connectivity index (χ1v) is 13.2. The van der Waals surface area contributed by atoms with Crippen LogP contribution in [-0.2, 0) is 0 Å². The highest BCUT2D eigenvalue weighted by molar-refractivity contribution is 5.64. The van der Waals surface area contributed by atoms with Gasteiger partial charge in [0.1, 0.15) is 0 Å². The van der Waals surface area contributed by atoms with Gasteiger partial charge in [0.05, 0.1) is 0 Å². The second-order valence-electron chi connectivity index (χ2n) is 9.31. The predicted molar refractivity (Wildman–Crippen MR) is 137 cm³/mol. The molecule has 0 aliphatic heterocycles. The third kappa shape index (κ3) is 13.1. The lowest BCUT2D eigenvalue weighted by Gasteiger charge is -2.23. The summed E-state index contributed by atoms with van der Waals surface area (Å²) >= 11 is 0. The van der Waals surface area contributed by atoms with Crippen LogP contribution in [0.1, 0.15) is 130 Å². The zero-order chi connectivity index (χ0) is 21.9. The van der Waals surface area contributed by atoms with Gasteiger partial charge in [-0.25, -0.2) is 0 Å². The van der Waals surface area contributed by atoms with Crippen molar-refractivity contribution < 1.29 is 0 Å². The smallest absolute Gasteiger partial charge is 0.0378 e. The Morgan fingerprint density at radius 3 is 1.83 bits per heavy atom. The Morgan fingerprint density at radius 2 is 1.20 bits per heavy atom. The highest BCUT2D eigenvalue weighted by Crippen LogP contribution is 2.21. The van der Waals surface area contributed by atoms with Crippen LogP contribution < -0.4 is 5.32 Å². The van der Waals surface area contributed by atoms with E-state index in [4.69, 9.17) is 0 Å². The van der Waals surface area contributed by atoms with Gasteiger partial charge in [-0.05, 0) is 30.7 Å². The molecule has 1 rings (SSSR count). The fourth-order valence-corrected chi connectivity index (χ4v) is 4.25. The third-order valence-electron chi connectivity index (χ3n) is 6.22. The quantitative estimate of drug-likeness (QED) is 0.223. The van der Waals surface area contributed by atoms with Crippen LogP contribution in [0.15, 0.2) is 36.4 Å². The Kier molecular flexibility index (Phi) is 16.5. The number of hydrogen-bond donors (Lipinski definition) is 1. The molecule has 0 aromatic heterocycles. The summed E-state index contributed by atoms with van der Waals surface area (Å²) in [7, 11) is 0. The van der Waals surface area contributed by atoms with Gasteiger partial charge in [0.25, 0.3) is 0 Å². The normalized spacial score (nSPS) is 13.9. The van der Waals surface area contributed by atoms with E-state index >= 15 is 0 Å². The minimum atomic E-state index is 0.608. The molecule has 1 aromatic rings. The van der Waals surface area contributed by atoms with Gasteiger partial charge in [0, 0.05) is 11.7 Å². The average molecular weight is 414 g/mol. The van der Waals surface area contributed by atoms with Crippen LogP contribution in [0.25, 0.3) is 5.70 Å². The zero-order valence-corrected chi connectivity index (χ0v) is 20.7. The predicted octanol–water partition coefficient (Wildman–Crippen LogP) is 9.53. The highest BCUT2D eigenvalue weighted by Gasteiger charge is 2.12. The van der Waals surface area contributed by atoms with E-state index in [-0.39, 0.29) is 0 Å². The fraction of sp³-hybridized carbons (Fsp3) is 0.724. The SMILES string of the molecule is CCCCCCCC(CCCCC)N/C(=C\C(C)CCCCCC)c1ccccc1. The molecule has 0 amide bonds. The fourth-order valence-electron chi connectivity index (χ4n) is 4.25. The van der Waals surface area contributed by atoms with Gasteiger partial charge in [0.15, 0.2) is 0 Å². The lowest BCUT2D eigenvalue weighted by Crippen LogP contribution is -2.28.